The Labute approximate surface area is 183 Å². The van der Waals surface area contributed by atoms with Gasteiger partial charge in [0.05, 0.1) is 23.8 Å². The average Bonchev–Trinajstić information content (AvgIpc) is 3.15. The number of carbonyl (C=O) groups is 1. The van der Waals surface area contributed by atoms with E-state index < -0.39 is 5.97 Å². The van der Waals surface area contributed by atoms with E-state index in [9.17, 15) is 19.6 Å². The lowest BCUT2D eigenvalue weighted by molar-refractivity contribution is 0.0697. The lowest BCUT2D eigenvalue weighted by Crippen LogP contribution is -1.98. The molecule has 0 saturated heterocycles. The van der Waals surface area contributed by atoms with Crippen molar-refractivity contribution in [3.63, 3.8) is 0 Å². The SMILES string of the molecule is N#C/C(=C\c1cn(Cc2ccc(F)cc2)c2cc(CO)ccc12)c1ccc(C(=O)O)cc1. The normalized spacial score (nSPS) is 11.5. The third-order valence-electron chi connectivity index (χ3n) is 5.29. The van der Waals surface area contributed by atoms with Crippen LogP contribution in [0.2, 0.25) is 0 Å². The third kappa shape index (κ3) is 4.29. The summed E-state index contributed by atoms with van der Waals surface area (Å²) in [5.74, 6) is -1.33. The number of nitrogens with zero attached hydrogens (tertiary/aromatic N) is 2. The van der Waals surface area contributed by atoms with E-state index >= 15 is 0 Å². The van der Waals surface area contributed by atoms with Crippen LogP contribution in [-0.2, 0) is 13.2 Å². The number of aromatic nitrogens is 1. The van der Waals surface area contributed by atoms with Crippen molar-refractivity contribution in [2.45, 2.75) is 13.2 Å². The number of rotatable bonds is 6. The summed E-state index contributed by atoms with van der Waals surface area (Å²) < 4.78 is 15.3. The van der Waals surface area contributed by atoms with Gasteiger partial charge < -0.3 is 14.8 Å². The number of hydrogen-bond donors (Lipinski definition) is 2. The Kier molecular flexibility index (Phi) is 5.84. The number of allylic oxidation sites excluding steroid dienone is 1. The summed E-state index contributed by atoms with van der Waals surface area (Å²) in [5, 5.41) is 29.3. The van der Waals surface area contributed by atoms with Gasteiger partial charge in [0.15, 0.2) is 0 Å². The first-order valence-electron chi connectivity index (χ1n) is 9.91. The highest BCUT2D eigenvalue weighted by atomic mass is 19.1. The highest BCUT2D eigenvalue weighted by Gasteiger charge is 2.11. The summed E-state index contributed by atoms with van der Waals surface area (Å²) in [6, 6.07) is 20.2. The molecule has 6 heteroatoms. The van der Waals surface area contributed by atoms with Crippen molar-refractivity contribution in [1.82, 2.24) is 4.57 Å². The number of aliphatic hydroxyl groups is 1. The van der Waals surface area contributed by atoms with E-state index in [1.165, 1.54) is 24.3 Å². The van der Waals surface area contributed by atoms with Crippen LogP contribution in [0.15, 0.2) is 72.9 Å². The molecule has 4 aromatic rings. The van der Waals surface area contributed by atoms with Crippen LogP contribution in [0.4, 0.5) is 4.39 Å². The number of halogens is 1. The Hall–Kier alpha value is -4.21. The predicted octanol–water partition coefficient (Wildman–Crippen LogP) is 5.08. The standard InChI is InChI=1S/C26H19FN2O3/c27-23-8-1-17(2-9-23)14-29-15-22(24-10-3-18(16-30)11-25(24)29)12-21(13-28)19-4-6-20(7-5-19)26(31)32/h1-12,15,30H,14,16H2,(H,31,32)/b21-12+. The van der Waals surface area contributed by atoms with Crippen molar-refractivity contribution in [2.24, 2.45) is 0 Å². The van der Waals surface area contributed by atoms with Crippen molar-refractivity contribution in [1.29, 1.82) is 5.26 Å². The van der Waals surface area contributed by atoms with Gasteiger partial charge in [-0.2, -0.15) is 5.26 Å². The molecule has 158 valence electrons. The molecule has 5 nitrogen and oxygen atoms in total. The van der Waals surface area contributed by atoms with Crippen molar-refractivity contribution in [3.8, 4) is 6.07 Å². The number of benzene rings is 3. The summed E-state index contributed by atoms with van der Waals surface area (Å²) in [7, 11) is 0. The van der Waals surface area contributed by atoms with Crippen molar-refractivity contribution < 1.29 is 19.4 Å². The van der Waals surface area contributed by atoms with Crippen LogP contribution in [-0.4, -0.2) is 20.7 Å². The molecule has 0 spiro atoms. The second-order valence-corrected chi connectivity index (χ2v) is 7.40. The van der Waals surface area contributed by atoms with E-state index in [1.807, 2.05) is 29.0 Å². The molecule has 0 radical (unpaired) electrons. The van der Waals surface area contributed by atoms with E-state index in [4.69, 9.17) is 5.11 Å². The second-order valence-electron chi connectivity index (χ2n) is 7.40. The van der Waals surface area contributed by atoms with Gasteiger partial charge in [-0.1, -0.05) is 36.4 Å². The molecule has 32 heavy (non-hydrogen) atoms. The lowest BCUT2D eigenvalue weighted by Gasteiger charge is -2.06. The van der Waals surface area contributed by atoms with Gasteiger partial charge >= 0.3 is 5.97 Å². The fraction of sp³-hybridized carbons (Fsp3) is 0.0769. The highest BCUT2D eigenvalue weighted by molar-refractivity contribution is 5.98. The second kappa shape index (κ2) is 8.88. The topological polar surface area (TPSA) is 86.3 Å². The molecule has 0 aliphatic carbocycles. The van der Waals surface area contributed by atoms with Gasteiger partial charge in [0.1, 0.15) is 5.82 Å². The minimum absolute atomic E-state index is 0.0950. The summed E-state index contributed by atoms with van der Waals surface area (Å²) in [4.78, 5) is 11.1. The molecule has 4 rings (SSSR count). The minimum Gasteiger partial charge on any atom is -0.478 e. The third-order valence-corrected chi connectivity index (χ3v) is 5.29. The van der Waals surface area contributed by atoms with Gasteiger partial charge in [0.25, 0.3) is 0 Å². The van der Waals surface area contributed by atoms with Crippen LogP contribution in [0.5, 0.6) is 0 Å². The maximum atomic E-state index is 13.3. The number of nitriles is 1. The molecule has 1 heterocycles. The monoisotopic (exact) mass is 426 g/mol. The van der Waals surface area contributed by atoms with Gasteiger partial charge in [-0.15, -0.1) is 0 Å². The Bertz CT molecular complexity index is 1360. The van der Waals surface area contributed by atoms with Gasteiger partial charge in [0.2, 0.25) is 0 Å². The Morgan fingerprint density at radius 3 is 2.28 bits per heavy atom. The number of fused-ring (bicyclic) bond motifs is 1. The molecule has 0 aliphatic rings. The first-order valence-corrected chi connectivity index (χ1v) is 9.91. The fourth-order valence-corrected chi connectivity index (χ4v) is 3.62. The molecular formula is C26H19FN2O3. The van der Waals surface area contributed by atoms with Gasteiger partial charge in [-0.25, -0.2) is 9.18 Å². The highest BCUT2D eigenvalue weighted by Crippen LogP contribution is 2.28. The average molecular weight is 426 g/mol. The molecule has 0 unspecified atom stereocenters. The van der Waals surface area contributed by atoms with Gasteiger partial charge in [-0.3, -0.25) is 0 Å². The number of hydrogen-bond acceptors (Lipinski definition) is 3. The first kappa shape index (κ1) is 21.0. The Morgan fingerprint density at radius 1 is 1.00 bits per heavy atom. The predicted molar refractivity (Wildman–Crippen MR) is 120 cm³/mol. The number of carboxylic acid groups (broad SMARTS) is 1. The van der Waals surface area contributed by atoms with Crippen LogP contribution < -0.4 is 0 Å². The molecule has 0 bridgehead atoms. The number of aromatic carboxylic acids is 1. The zero-order valence-corrected chi connectivity index (χ0v) is 17.0. The van der Waals surface area contributed by atoms with Crippen LogP contribution >= 0.6 is 0 Å². The largest absolute Gasteiger partial charge is 0.478 e. The lowest BCUT2D eigenvalue weighted by atomic mass is 10.0. The fourth-order valence-electron chi connectivity index (χ4n) is 3.62. The number of aliphatic hydroxyl groups excluding tert-OH is 1. The van der Waals surface area contributed by atoms with Crippen LogP contribution in [0, 0.1) is 17.1 Å². The molecule has 0 amide bonds. The van der Waals surface area contributed by atoms with Crippen molar-refractivity contribution in [3.05, 3.63) is 107 Å². The molecular weight excluding hydrogens is 407 g/mol. The molecule has 0 atom stereocenters. The Morgan fingerprint density at radius 2 is 1.66 bits per heavy atom. The van der Waals surface area contributed by atoms with E-state index in [-0.39, 0.29) is 18.0 Å². The molecule has 3 aromatic carbocycles. The van der Waals surface area contributed by atoms with E-state index in [0.717, 1.165) is 27.6 Å². The molecule has 0 fully saturated rings. The molecule has 2 N–H and O–H groups in total. The summed E-state index contributed by atoms with van der Waals surface area (Å²) in [5.41, 5.74) is 4.53. The zero-order chi connectivity index (χ0) is 22.7. The molecule has 1 aromatic heterocycles. The van der Waals surface area contributed by atoms with E-state index in [1.54, 1.807) is 30.3 Å². The van der Waals surface area contributed by atoms with E-state index in [0.29, 0.717) is 17.7 Å². The maximum Gasteiger partial charge on any atom is 0.335 e. The van der Waals surface area contributed by atoms with Gasteiger partial charge in [-0.05, 0) is 53.1 Å². The summed E-state index contributed by atoms with van der Waals surface area (Å²) in [6.45, 7) is 0.400. The molecule has 0 saturated carbocycles. The zero-order valence-electron chi connectivity index (χ0n) is 17.0. The quantitative estimate of drug-likeness (QED) is 0.421. The van der Waals surface area contributed by atoms with Crippen LogP contribution in [0.3, 0.4) is 0 Å². The van der Waals surface area contributed by atoms with Crippen molar-refractivity contribution >= 4 is 28.5 Å². The first-order chi connectivity index (χ1) is 15.5. The van der Waals surface area contributed by atoms with Crippen molar-refractivity contribution in [2.75, 3.05) is 0 Å². The number of carboxylic acids is 1. The van der Waals surface area contributed by atoms with Gasteiger partial charge in [0, 0.05) is 29.2 Å². The molecule has 0 aliphatic heterocycles. The Balaban J connectivity index is 1.79. The smallest absolute Gasteiger partial charge is 0.335 e. The van der Waals surface area contributed by atoms with Crippen LogP contribution in [0.1, 0.15) is 32.6 Å². The minimum atomic E-state index is -1.03. The van der Waals surface area contributed by atoms with Crippen LogP contribution in [0.25, 0.3) is 22.6 Å². The maximum absolute atomic E-state index is 13.3. The van der Waals surface area contributed by atoms with E-state index in [2.05, 4.69) is 6.07 Å². The summed E-state index contributed by atoms with van der Waals surface area (Å²) in [6.07, 6.45) is 3.68. The summed E-state index contributed by atoms with van der Waals surface area (Å²) >= 11 is 0.